The molecule has 10 heteroatoms. The molecule has 0 saturated heterocycles. The van der Waals surface area contributed by atoms with Crippen LogP contribution < -0.4 is 16.2 Å². The normalized spacial score (nSPS) is 11.5. The van der Waals surface area contributed by atoms with Gasteiger partial charge < -0.3 is 25.7 Å². The van der Waals surface area contributed by atoms with Crippen molar-refractivity contribution < 1.29 is 9.90 Å². The number of hydrogen-bond acceptors (Lipinski definition) is 5. The van der Waals surface area contributed by atoms with Gasteiger partial charge in [-0.15, -0.1) is 0 Å². The number of pyridine rings is 2. The van der Waals surface area contributed by atoms with Crippen LogP contribution in [-0.4, -0.2) is 26.4 Å². The van der Waals surface area contributed by atoms with Crippen LogP contribution in [0.5, 0.6) is 5.75 Å². The Balaban J connectivity index is 1.54. The van der Waals surface area contributed by atoms with Gasteiger partial charge in [0.15, 0.2) is 0 Å². The summed E-state index contributed by atoms with van der Waals surface area (Å²) in [4.78, 5) is 29.6. The number of carbonyl (C=O) groups excluding carboxylic acids is 1. The molecule has 0 radical (unpaired) electrons. The maximum Gasteiger partial charge on any atom is 0.319 e. The fourth-order valence-electron chi connectivity index (χ4n) is 3.83. The minimum Gasteiger partial charge on any atom is -0.508 e. The molecule has 2 amide bonds. The molecule has 2 aromatic heterocycles. The number of aromatic hydroxyl groups is 1. The number of amides is 2. The molecule has 0 aliphatic carbocycles. The van der Waals surface area contributed by atoms with Crippen LogP contribution in [0.2, 0.25) is 10.0 Å². The number of anilines is 1. The lowest BCUT2D eigenvalue weighted by Gasteiger charge is -2.21. The molecule has 0 aliphatic rings. The highest BCUT2D eigenvalue weighted by Gasteiger charge is 2.21. The third kappa shape index (κ3) is 6.75. The molecule has 8 nitrogen and oxygen atoms in total. The van der Waals surface area contributed by atoms with Gasteiger partial charge in [0, 0.05) is 46.9 Å². The summed E-state index contributed by atoms with van der Waals surface area (Å²) >= 11 is 12.2. The average molecular weight is 536 g/mol. The monoisotopic (exact) mass is 535 g/mol. The van der Waals surface area contributed by atoms with Gasteiger partial charge in [0.05, 0.1) is 18.3 Å². The first kappa shape index (κ1) is 25.9. The quantitative estimate of drug-likeness (QED) is 0.218. The summed E-state index contributed by atoms with van der Waals surface area (Å²) in [5, 5.41) is 24.9. The highest BCUT2D eigenvalue weighted by molar-refractivity contribution is 6.31. The zero-order chi connectivity index (χ0) is 26.4. The molecule has 1 unspecified atom stereocenters. The number of nitrogens with one attached hydrogen (secondary N) is 3. The Morgan fingerprint density at radius 1 is 1.08 bits per heavy atom. The van der Waals surface area contributed by atoms with Crippen molar-refractivity contribution in [2.75, 3.05) is 5.32 Å². The molecule has 0 spiro atoms. The van der Waals surface area contributed by atoms with E-state index < -0.39 is 17.6 Å². The van der Waals surface area contributed by atoms with E-state index in [1.54, 1.807) is 60.9 Å². The van der Waals surface area contributed by atoms with Crippen LogP contribution in [0.4, 0.5) is 10.5 Å². The molecule has 0 fully saturated rings. The molecule has 2 heterocycles. The summed E-state index contributed by atoms with van der Waals surface area (Å²) in [7, 11) is 0. The van der Waals surface area contributed by atoms with Crippen molar-refractivity contribution in [2.24, 2.45) is 0 Å². The first-order valence-corrected chi connectivity index (χ1v) is 12.0. The number of phenolic OH excluding ortho intramolecular Hbond substituents is 1. The van der Waals surface area contributed by atoms with Crippen LogP contribution in [0.1, 0.15) is 29.2 Å². The Kier molecular flexibility index (Phi) is 8.22. The first-order chi connectivity index (χ1) is 17.8. The third-order valence-electron chi connectivity index (χ3n) is 5.58. The Bertz CT molecular complexity index is 1490. The minimum absolute atomic E-state index is 0.00935. The van der Waals surface area contributed by atoms with Gasteiger partial charge in [0.25, 0.3) is 5.56 Å². The Hall–Kier alpha value is -4.14. The summed E-state index contributed by atoms with van der Waals surface area (Å²) in [5.41, 5.74) is 1.97. The number of halogens is 2. The summed E-state index contributed by atoms with van der Waals surface area (Å²) in [6, 6.07) is 17.2. The largest absolute Gasteiger partial charge is 0.508 e. The fraction of sp³-hybridized carbons (Fsp3) is 0.111. The first-order valence-electron chi connectivity index (χ1n) is 11.3. The number of nitrogens with zero attached hydrogens (tertiary/aromatic N) is 2. The van der Waals surface area contributed by atoms with Gasteiger partial charge in [-0.2, -0.15) is 0 Å². The van der Waals surface area contributed by atoms with Crippen molar-refractivity contribution in [2.45, 2.75) is 19.0 Å². The van der Waals surface area contributed by atoms with Gasteiger partial charge in [-0.3, -0.25) is 9.78 Å². The Morgan fingerprint density at radius 2 is 1.89 bits per heavy atom. The summed E-state index contributed by atoms with van der Waals surface area (Å²) < 4.78 is 1.38. The van der Waals surface area contributed by atoms with E-state index in [-0.39, 0.29) is 29.4 Å². The highest BCUT2D eigenvalue weighted by Crippen LogP contribution is 2.27. The second kappa shape index (κ2) is 11.7. The van der Waals surface area contributed by atoms with E-state index in [0.29, 0.717) is 21.8 Å². The van der Waals surface area contributed by atoms with E-state index >= 15 is 0 Å². The topological polar surface area (TPSA) is 120 Å². The summed E-state index contributed by atoms with van der Waals surface area (Å²) in [5.74, 6) is -0.00935. The van der Waals surface area contributed by atoms with Crippen LogP contribution >= 0.6 is 23.2 Å². The third-order valence-corrected chi connectivity index (χ3v) is 6.08. The lowest BCUT2D eigenvalue weighted by Crippen LogP contribution is -2.34. The number of phenols is 1. The molecule has 188 valence electrons. The van der Waals surface area contributed by atoms with Gasteiger partial charge >= 0.3 is 6.03 Å². The zero-order valence-corrected chi connectivity index (χ0v) is 21.0. The number of carbonyl (C=O) groups is 1. The summed E-state index contributed by atoms with van der Waals surface area (Å²) in [6.07, 6.45) is 4.77. The number of benzene rings is 2. The van der Waals surface area contributed by atoms with Crippen molar-refractivity contribution >= 4 is 40.6 Å². The molecule has 1 atom stereocenters. The molecule has 37 heavy (non-hydrogen) atoms. The lowest BCUT2D eigenvalue weighted by atomic mass is 9.97. The van der Waals surface area contributed by atoms with Crippen molar-refractivity contribution in [3.8, 4) is 5.75 Å². The van der Waals surface area contributed by atoms with Gasteiger partial charge in [-0.1, -0.05) is 59.6 Å². The van der Waals surface area contributed by atoms with Crippen LogP contribution in [0.15, 0.2) is 90.1 Å². The molecule has 4 N–H and O–H groups in total. The van der Waals surface area contributed by atoms with Gasteiger partial charge in [0.2, 0.25) is 0 Å². The van der Waals surface area contributed by atoms with Crippen molar-refractivity contribution in [3.63, 3.8) is 0 Å². The predicted octanol–water partition coefficient (Wildman–Crippen LogP) is 5.62. The van der Waals surface area contributed by atoms with Crippen molar-refractivity contribution in [1.82, 2.24) is 14.9 Å². The Morgan fingerprint density at radius 3 is 2.62 bits per heavy atom. The number of rotatable bonds is 8. The van der Waals surface area contributed by atoms with Crippen molar-refractivity contribution in [3.05, 3.63) is 122 Å². The smallest absolute Gasteiger partial charge is 0.319 e. The fourth-order valence-corrected chi connectivity index (χ4v) is 4.27. The van der Waals surface area contributed by atoms with E-state index in [0.717, 1.165) is 5.56 Å². The zero-order valence-electron chi connectivity index (χ0n) is 19.5. The standard InChI is InChI=1S/C27H23Cl2N5O3/c28-19-7-3-5-17(11-19)15-34-16-20(12-22(29)26(34)36)32-27(37)33-24(21-8-1-2-9-25(21)35)13-23(30)18-6-4-10-31-14-18/h1-12,14,16,24,30,35H,13,15H2,(H2,32,33,37). The molecular formula is C27H23Cl2N5O3. The van der Waals surface area contributed by atoms with E-state index in [1.165, 1.54) is 22.9 Å². The molecule has 0 saturated carbocycles. The van der Waals surface area contributed by atoms with Crippen LogP contribution in [0.25, 0.3) is 0 Å². The van der Waals surface area contributed by atoms with E-state index in [4.69, 9.17) is 28.6 Å². The van der Waals surface area contributed by atoms with Gasteiger partial charge in [-0.25, -0.2) is 4.79 Å². The predicted molar refractivity (Wildman–Crippen MR) is 145 cm³/mol. The van der Waals surface area contributed by atoms with Gasteiger partial charge in [0.1, 0.15) is 10.8 Å². The number of aromatic nitrogens is 2. The molecule has 0 aliphatic heterocycles. The number of para-hydroxylation sites is 1. The minimum atomic E-state index is -0.721. The second-order valence-corrected chi connectivity index (χ2v) is 9.12. The van der Waals surface area contributed by atoms with Gasteiger partial charge in [-0.05, 0) is 35.9 Å². The molecule has 4 rings (SSSR count). The van der Waals surface area contributed by atoms with E-state index in [1.807, 2.05) is 6.07 Å². The summed E-state index contributed by atoms with van der Waals surface area (Å²) in [6.45, 7) is 0.207. The Labute approximate surface area is 223 Å². The van der Waals surface area contributed by atoms with Crippen LogP contribution in [0, 0.1) is 5.41 Å². The molecule has 2 aromatic carbocycles. The SMILES string of the molecule is N=C(CC(NC(=O)Nc1cc(Cl)c(=O)n(Cc2cccc(Cl)c2)c1)c1ccccc1O)c1cccnc1. The van der Waals surface area contributed by atoms with E-state index in [2.05, 4.69) is 15.6 Å². The highest BCUT2D eigenvalue weighted by atomic mass is 35.5. The van der Waals surface area contributed by atoms with Crippen LogP contribution in [-0.2, 0) is 6.54 Å². The number of urea groups is 1. The maximum atomic E-state index is 13.0. The second-order valence-electron chi connectivity index (χ2n) is 8.27. The number of hydrogen-bond donors (Lipinski definition) is 4. The van der Waals surface area contributed by atoms with E-state index in [9.17, 15) is 14.7 Å². The van der Waals surface area contributed by atoms with Crippen LogP contribution in [0.3, 0.4) is 0 Å². The molecular weight excluding hydrogens is 513 g/mol. The molecule has 0 bridgehead atoms. The maximum absolute atomic E-state index is 13.0. The molecule has 4 aromatic rings. The lowest BCUT2D eigenvalue weighted by molar-refractivity contribution is 0.248. The van der Waals surface area contributed by atoms with Crippen molar-refractivity contribution in [1.29, 1.82) is 5.41 Å². The average Bonchev–Trinajstić information content (AvgIpc) is 2.87.